The second kappa shape index (κ2) is 8.95. The first kappa shape index (κ1) is 21.3. The monoisotopic (exact) mass is 418 g/mol. The molecule has 0 unspecified atom stereocenters. The summed E-state index contributed by atoms with van der Waals surface area (Å²) in [5.41, 5.74) is 1.83. The van der Waals surface area contributed by atoms with E-state index in [-0.39, 0.29) is 5.56 Å². The smallest absolute Gasteiger partial charge is 0.343 e. The summed E-state index contributed by atoms with van der Waals surface area (Å²) in [6, 6.07) is 16.0. The van der Waals surface area contributed by atoms with Crippen molar-refractivity contribution < 1.29 is 19.6 Å². The number of nitro groups is 1. The molecule has 0 heterocycles. The van der Waals surface area contributed by atoms with Crippen LogP contribution in [0.3, 0.4) is 0 Å². The van der Waals surface area contributed by atoms with Crippen LogP contribution in [0, 0.1) is 24.0 Å². The third-order valence-corrected chi connectivity index (χ3v) is 4.53. The summed E-state index contributed by atoms with van der Waals surface area (Å²) in [5.74, 6) is -2.32. The second-order valence-electron chi connectivity index (χ2n) is 6.70. The Balaban J connectivity index is 1.85. The molecule has 1 amide bonds. The van der Waals surface area contributed by atoms with E-state index in [9.17, 15) is 24.8 Å². The third kappa shape index (κ3) is 4.78. The predicted octanol–water partition coefficient (Wildman–Crippen LogP) is 5.58. The van der Waals surface area contributed by atoms with Crippen molar-refractivity contribution in [3.63, 3.8) is 0 Å². The van der Waals surface area contributed by atoms with Gasteiger partial charge in [-0.2, -0.15) is 10.2 Å². The number of carboxylic acid groups (broad SMARTS) is 1. The van der Waals surface area contributed by atoms with Crippen molar-refractivity contribution in [1.29, 1.82) is 0 Å². The van der Waals surface area contributed by atoms with Gasteiger partial charge in [0.05, 0.1) is 21.9 Å². The quantitative estimate of drug-likeness (QED) is 0.306. The number of carboxylic acids is 1. The number of aromatic carboxylic acids is 1. The van der Waals surface area contributed by atoms with Crippen LogP contribution >= 0.6 is 0 Å². The minimum atomic E-state index is -1.56. The van der Waals surface area contributed by atoms with Gasteiger partial charge in [0.2, 0.25) is 0 Å². The number of nitrogens with one attached hydrogen (secondary N) is 1. The molecule has 3 rings (SSSR count). The zero-order chi connectivity index (χ0) is 22.5. The maximum absolute atomic E-state index is 12.6. The first-order valence-corrected chi connectivity index (χ1v) is 9.18. The van der Waals surface area contributed by atoms with Gasteiger partial charge in [-0.25, -0.2) is 4.79 Å². The molecule has 0 fully saturated rings. The molecule has 2 N–H and O–H groups in total. The third-order valence-electron chi connectivity index (χ3n) is 4.53. The Morgan fingerprint density at radius 3 is 2.23 bits per heavy atom. The van der Waals surface area contributed by atoms with Crippen LogP contribution in [-0.2, 0) is 0 Å². The van der Waals surface area contributed by atoms with Crippen molar-refractivity contribution in [1.82, 2.24) is 0 Å². The lowest BCUT2D eigenvalue weighted by Crippen LogP contribution is -2.17. The van der Waals surface area contributed by atoms with Crippen molar-refractivity contribution in [3.05, 3.63) is 93.0 Å². The Labute approximate surface area is 177 Å². The van der Waals surface area contributed by atoms with Gasteiger partial charge in [-0.05, 0) is 55.3 Å². The largest absolute Gasteiger partial charge is 0.477 e. The summed E-state index contributed by atoms with van der Waals surface area (Å²) in [6.45, 7) is 3.72. The number of hydrogen-bond acceptors (Lipinski definition) is 6. The molecule has 0 spiro atoms. The molecule has 3 aromatic carbocycles. The summed E-state index contributed by atoms with van der Waals surface area (Å²) in [5, 5.41) is 31.5. The molecule has 0 aliphatic carbocycles. The normalized spacial score (nSPS) is 10.8. The maximum atomic E-state index is 12.6. The SMILES string of the molecule is Cc1ccccc1N=Nc1ccc(NC(=O)c2cccc([N+](=O)[O-])c2C(=O)O)cc1C. The van der Waals surface area contributed by atoms with E-state index in [1.54, 1.807) is 25.1 Å². The maximum Gasteiger partial charge on any atom is 0.343 e. The van der Waals surface area contributed by atoms with Gasteiger partial charge in [0.25, 0.3) is 11.6 Å². The Morgan fingerprint density at radius 1 is 0.935 bits per heavy atom. The fourth-order valence-corrected chi connectivity index (χ4v) is 2.93. The Bertz CT molecular complexity index is 1220. The zero-order valence-electron chi connectivity index (χ0n) is 16.7. The lowest BCUT2D eigenvalue weighted by molar-refractivity contribution is -0.385. The average molecular weight is 418 g/mol. The van der Waals surface area contributed by atoms with E-state index in [1.165, 1.54) is 12.1 Å². The predicted molar refractivity (Wildman–Crippen MR) is 115 cm³/mol. The van der Waals surface area contributed by atoms with Gasteiger partial charge in [0.1, 0.15) is 5.56 Å². The van der Waals surface area contributed by atoms with E-state index in [1.807, 2.05) is 31.2 Å². The molecule has 3 aromatic rings. The lowest BCUT2D eigenvalue weighted by atomic mass is 10.0. The van der Waals surface area contributed by atoms with Crippen LogP contribution in [0.25, 0.3) is 0 Å². The Hall–Kier alpha value is -4.40. The number of azo groups is 1. The second-order valence-corrected chi connectivity index (χ2v) is 6.70. The molecule has 0 saturated heterocycles. The van der Waals surface area contributed by atoms with Crippen LogP contribution in [-0.4, -0.2) is 21.9 Å². The van der Waals surface area contributed by atoms with E-state index in [4.69, 9.17) is 0 Å². The van der Waals surface area contributed by atoms with Crippen LogP contribution in [0.2, 0.25) is 0 Å². The number of rotatable bonds is 6. The molecular weight excluding hydrogens is 400 g/mol. The van der Waals surface area contributed by atoms with Gasteiger partial charge in [0.15, 0.2) is 0 Å². The molecule has 0 radical (unpaired) electrons. The van der Waals surface area contributed by atoms with E-state index in [2.05, 4.69) is 15.5 Å². The Morgan fingerprint density at radius 2 is 1.61 bits per heavy atom. The first-order valence-electron chi connectivity index (χ1n) is 9.18. The first-order chi connectivity index (χ1) is 14.8. The molecule has 156 valence electrons. The summed E-state index contributed by atoms with van der Waals surface area (Å²) < 4.78 is 0. The summed E-state index contributed by atoms with van der Waals surface area (Å²) in [7, 11) is 0. The van der Waals surface area contributed by atoms with Gasteiger partial charge in [-0.1, -0.05) is 24.3 Å². The number of carbonyl (C=O) groups excluding carboxylic acids is 1. The molecule has 0 atom stereocenters. The van der Waals surface area contributed by atoms with E-state index in [0.717, 1.165) is 22.9 Å². The minimum Gasteiger partial charge on any atom is -0.477 e. The number of aryl methyl sites for hydroxylation is 2. The van der Waals surface area contributed by atoms with Gasteiger partial charge in [-0.3, -0.25) is 14.9 Å². The summed E-state index contributed by atoms with van der Waals surface area (Å²) >= 11 is 0. The number of nitro benzene ring substituents is 1. The van der Waals surface area contributed by atoms with Crippen molar-refractivity contribution in [3.8, 4) is 0 Å². The van der Waals surface area contributed by atoms with Crippen LogP contribution in [0.1, 0.15) is 31.8 Å². The lowest BCUT2D eigenvalue weighted by Gasteiger charge is -2.09. The molecule has 0 bridgehead atoms. The van der Waals surface area contributed by atoms with Crippen molar-refractivity contribution in [2.45, 2.75) is 13.8 Å². The molecule has 31 heavy (non-hydrogen) atoms. The molecular formula is C22H18N4O5. The van der Waals surface area contributed by atoms with Gasteiger partial charge in [0, 0.05) is 11.8 Å². The Kier molecular flexibility index (Phi) is 6.15. The highest BCUT2D eigenvalue weighted by Gasteiger charge is 2.27. The molecule has 9 heteroatoms. The van der Waals surface area contributed by atoms with Crippen molar-refractivity contribution in [2.75, 3.05) is 5.32 Å². The number of nitrogens with zero attached hydrogens (tertiary/aromatic N) is 3. The summed E-state index contributed by atoms with van der Waals surface area (Å²) in [6.07, 6.45) is 0. The number of anilines is 1. The number of carbonyl (C=O) groups is 2. The summed E-state index contributed by atoms with van der Waals surface area (Å²) in [4.78, 5) is 34.4. The fraction of sp³-hybridized carbons (Fsp3) is 0.0909. The topological polar surface area (TPSA) is 134 Å². The number of benzene rings is 3. The standard InChI is InChI=1S/C22H18N4O5/c1-13-6-3-4-8-17(13)24-25-18-11-10-15(12-14(18)2)23-21(27)16-7-5-9-19(26(30)31)20(16)22(28)29/h3-12H,1-2H3,(H,23,27)(H,28,29). The average Bonchev–Trinajstić information content (AvgIpc) is 2.73. The van der Waals surface area contributed by atoms with E-state index < -0.39 is 28.1 Å². The molecule has 9 nitrogen and oxygen atoms in total. The van der Waals surface area contributed by atoms with Gasteiger partial charge in [-0.15, -0.1) is 0 Å². The van der Waals surface area contributed by atoms with Gasteiger partial charge >= 0.3 is 5.97 Å². The molecule has 0 aliphatic heterocycles. The highest BCUT2D eigenvalue weighted by molar-refractivity contribution is 6.12. The van der Waals surface area contributed by atoms with Crippen molar-refractivity contribution >= 4 is 34.6 Å². The molecule has 0 aromatic heterocycles. The van der Waals surface area contributed by atoms with Crippen LogP contribution in [0.15, 0.2) is 70.9 Å². The highest BCUT2D eigenvalue weighted by Crippen LogP contribution is 2.27. The number of amides is 1. The number of hydrogen-bond donors (Lipinski definition) is 2. The van der Waals surface area contributed by atoms with Crippen LogP contribution < -0.4 is 5.32 Å². The van der Waals surface area contributed by atoms with E-state index >= 15 is 0 Å². The van der Waals surface area contributed by atoms with Crippen molar-refractivity contribution in [2.24, 2.45) is 10.2 Å². The van der Waals surface area contributed by atoms with Crippen LogP contribution in [0.5, 0.6) is 0 Å². The molecule has 0 saturated carbocycles. The van der Waals surface area contributed by atoms with E-state index in [0.29, 0.717) is 11.4 Å². The zero-order valence-corrected chi connectivity index (χ0v) is 16.7. The fourth-order valence-electron chi connectivity index (χ4n) is 2.93. The van der Waals surface area contributed by atoms with Crippen LogP contribution in [0.4, 0.5) is 22.7 Å². The van der Waals surface area contributed by atoms with Gasteiger partial charge < -0.3 is 10.4 Å². The molecule has 0 aliphatic rings. The highest BCUT2D eigenvalue weighted by atomic mass is 16.6. The minimum absolute atomic E-state index is 0.303.